The number of fused-ring (bicyclic) bond motifs is 4. The highest BCUT2D eigenvalue weighted by atomic mass is 32.2. The van der Waals surface area contributed by atoms with E-state index in [9.17, 15) is 8.60 Å². The number of rotatable bonds is 8. The van der Waals surface area contributed by atoms with Crippen molar-refractivity contribution in [2.45, 2.75) is 51.1 Å². The Balaban J connectivity index is 0.00000164. The molecule has 2 atom stereocenters. The van der Waals surface area contributed by atoms with Crippen molar-refractivity contribution in [3.63, 3.8) is 0 Å². The molecule has 7 nitrogen and oxygen atoms in total. The molecule has 204 valence electrons. The van der Waals surface area contributed by atoms with Crippen molar-refractivity contribution in [2.24, 2.45) is 0 Å². The molecule has 0 bridgehead atoms. The van der Waals surface area contributed by atoms with Gasteiger partial charge < -0.3 is 18.5 Å². The van der Waals surface area contributed by atoms with Crippen LogP contribution in [0.2, 0.25) is 0 Å². The van der Waals surface area contributed by atoms with E-state index in [1.807, 2.05) is 32.9 Å². The molecule has 38 heavy (non-hydrogen) atoms. The Morgan fingerprint density at radius 1 is 1.05 bits per heavy atom. The number of methoxy groups -OCH3 is 1. The van der Waals surface area contributed by atoms with Gasteiger partial charge in [0.15, 0.2) is 11.5 Å². The van der Waals surface area contributed by atoms with Crippen LogP contribution in [0.25, 0.3) is 0 Å². The summed E-state index contributed by atoms with van der Waals surface area (Å²) in [5, 5.41) is 0. The third-order valence-electron chi connectivity index (χ3n) is 6.60. The molecule has 0 aliphatic carbocycles. The van der Waals surface area contributed by atoms with Gasteiger partial charge >= 0.3 is 0 Å². The largest absolute Gasteiger partial charge is 0.494 e. The van der Waals surface area contributed by atoms with Crippen molar-refractivity contribution in [1.29, 1.82) is 0 Å². The van der Waals surface area contributed by atoms with Crippen LogP contribution in [0.15, 0.2) is 53.4 Å². The molecular weight excluding hydrogens is 509 g/mol. The Morgan fingerprint density at radius 3 is 2.58 bits per heavy atom. The molecule has 2 unspecified atom stereocenters. The van der Waals surface area contributed by atoms with Crippen molar-refractivity contribution >= 4 is 11.1 Å². The molecule has 3 aromatic carbocycles. The molecule has 0 radical (unpaired) electrons. The van der Waals surface area contributed by atoms with Crippen LogP contribution in [0, 0.1) is 5.82 Å². The summed E-state index contributed by atoms with van der Waals surface area (Å²) in [7, 11) is 2.90. The summed E-state index contributed by atoms with van der Waals surface area (Å²) in [4.78, 5) is 13.0. The van der Waals surface area contributed by atoms with E-state index in [1.54, 1.807) is 6.07 Å². The first-order chi connectivity index (χ1) is 18.5. The zero-order valence-electron chi connectivity index (χ0n) is 22.4. The average Bonchev–Trinajstić information content (AvgIpc) is 2.94. The minimum absolute atomic E-state index is 0.102. The van der Waals surface area contributed by atoms with E-state index < -0.39 is 16.9 Å². The topological polar surface area (TPSA) is 66.5 Å². The van der Waals surface area contributed by atoms with E-state index in [0.29, 0.717) is 25.3 Å². The fourth-order valence-corrected chi connectivity index (χ4v) is 5.83. The first-order valence-corrected chi connectivity index (χ1v) is 13.9. The van der Waals surface area contributed by atoms with Gasteiger partial charge in [-0.2, -0.15) is 4.89 Å². The Labute approximate surface area is 226 Å². The second-order valence-electron chi connectivity index (χ2n) is 8.63. The first kappa shape index (κ1) is 27.9. The van der Waals surface area contributed by atoms with Gasteiger partial charge in [-0.1, -0.05) is 26.0 Å². The predicted octanol–water partition coefficient (Wildman–Crippen LogP) is 5.96. The highest BCUT2D eigenvalue weighted by molar-refractivity contribution is 7.80. The monoisotopic (exact) mass is 543 g/mol. The van der Waals surface area contributed by atoms with Crippen molar-refractivity contribution in [3.05, 3.63) is 76.6 Å². The van der Waals surface area contributed by atoms with E-state index in [4.69, 9.17) is 23.4 Å². The van der Waals surface area contributed by atoms with Gasteiger partial charge in [0.25, 0.3) is 5.75 Å². The van der Waals surface area contributed by atoms with Gasteiger partial charge in [-0.15, -0.1) is 0 Å². The van der Waals surface area contributed by atoms with Crippen molar-refractivity contribution in [1.82, 2.24) is 4.90 Å². The van der Waals surface area contributed by atoms with Crippen molar-refractivity contribution < 1.29 is 32.0 Å². The average molecular weight is 544 g/mol. The van der Waals surface area contributed by atoms with Gasteiger partial charge in [0.05, 0.1) is 25.7 Å². The Morgan fingerprint density at radius 2 is 1.87 bits per heavy atom. The Kier molecular flexibility index (Phi) is 9.25. The molecule has 0 fully saturated rings. The van der Waals surface area contributed by atoms with Gasteiger partial charge in [-0.05, 0) is 72.9 Å². The summed E-state index contributed by atoms with van der Waals surface area (Å²) in [5.74, 6) is 1.24. The SMILES string of the molecule is CC.CCOc1ccc2c(c1)CCN1Cc3cc(OC)c(OOC)c(OS(=O)c4cccc(F)c4)c3CC21. The van der Waals surface area contributed by atoms with Gasteiger partial charge in [-0.25, -0.2) is 8.60 Å². The maximum absolute atomic E-state index is 13.8. The third-order valence-corrected chi connectivity index (χ3v) is 7.55. The highest BCUT2D eigenvalue weighted by Gasteiger charge is 2.36. The van der Waals surface area contributed by atoms with Crippen LogP contribution in [0.5, 0.6) is 23.0 Å². The zero-order chi connectivity index (χ0) is 27.2. The Hall–Kier alpha value is -3.14. The van der Waals surface area contributed by atoms with Crippen LogP contribution in [0.3, 0.4) is 0 Å². The second-order valence-corrected chi connectivity index (χ2v) is 9.74. The first-order valence-electron chi connectivity index (χ1n) is 12.8. The predicted molar refractivity (Wildman–Crippen MR) is 144 cm³/mol. The lowest BCUT2D eigenvalue weighted by Crippen LogP contribution is -2.39. The normalized spacial score (nSPS) is 16.6. The number of ether oxygens (including phenoxy) is 2. The molecule has 0 saturated carbocycles. The fourth-order valence-electron chi connectivity index (χ4n) is 5.00. The van der Waals surface area contributed by atoms with E-state index in [-0.39, 0.29) is 22.4 Å². The fraction of sp³-hybridized carbons (Fsp3) is 0.379. The lowest BCUT2D eigenvalue weighted by atomic mass is 9.83. The molecule has 0 saturated heterocycles. The van der Waals surface area contributed by atoms with Crippen LogP contribution >= 0.6 is 0 Å². The van der Waals surface area contributed by atoms with Crippen molar-refractivity contribution in [3.8, 4) is 23.0 Å². The Bertz CT molecular complexity index is 1300. The summed E-state index contributed by atoms with van der Waals surface area (Å²) < 4.78 is 44.2. The number of benzene rings is 3. The summed E-state index contributed by atoms with van der Waals surface area (Å²) in [6, 6.07) is 13.8. The van der Waals surface area contributed by atoms with Gasteiger partial charge in [0.1, 0.15) is 11.6 Å². The molecule has 2 aliphatic heterocycles. The summed E-state index contributed by atoms with van der Waals surface area (Å²) in [6.07, 6.45) is 1.53. The van der Waals surface area contributed by atoms with E-state index in [2.05, 4.69) is 17.0 Å². The molecular formula is C29H34FNO6S. The molecule has 0 spiro atoms. The van der Waals surface area contributed by atoms with E-state index in [1.165, 1.54) is 43.5 Å². The number of hydrogen-bond acceptors (Lipinski definition) is 7. The second kappa shape index (κ2) is 12.6. The van der Waals surface area contributed by atoms with Gasteiger partial charge in [0.2, 0.25) is 11.1 Å². The quantitative estimate of drug-likeness (QED) is 0.257. The lowest BCUT2D eigenvalue weighted by molar-refractivity contribution is -0.180. The summed E-state index contributed by atoms with van der Waals surface area (Å²) in [6.45, 7) is 8.16. The van der Waals surface area contributed by atoms with Crippen LogP contribution in [0.4, 0.5) is 4.39 Å². The van der Waals surface area contributed by atoms with Crippen LogP contribution in [0.1, 0.15) is 49.1 Å². The molecule has 0 N–H and O–H groups in total. The smallest absolute Gasteiger partial charge is 0.250 e. The lowest BCUT2D eigenvalue weighted by Gasteiger charge is -2.42. The maximum atomic E-state index is 13.8. The number of hydrogen-bond donors (Lipinski definition) is 0. The molecule has 2 aliphatic rings. The van der Waals surface area contributed by atoms with Crippen LogP contribution < -0.4 is 18.5 Å². The van der Waals surface area contributed by atoms with Crippen LogP contribution in [-0.4, -0.2) is 36.5 Å². The zero-order valence-corrected chi connectivity index (χ0v) is 23.2. The van der Waals surface area contributed by atoms with E-state index in [0.717, 1.165) is 29.8 Å². The van der Waals surface area contributed by atoms with Gasteiger partial charge in [-0.3, -0.25) is 4.90 Å². The molecule has 0 amide bonds. The highest BCUT2D eigenvalue weighted by Crippen LogP contribution is 2.49. The molecule has 0 aromatic heterocycles. The molecule has 3 aromatic rings. The van der Waals surface area contributed by atoms with Crippen molar-refractivity contribution in [2.75, 3.05) is 27.4 Å². The third kappa shape index (κ3) is 5.65. The molecule has 9 heteroatoms. The molecule has 2 heterocycles. The summed E-state index contributed by atoms with van der Waals surface area (Å²) >= 11 is -1.99. The standard InChI is InChI=1S/C27H28FNO6S.C2H6/c1-4-33-20-8-9-22-17(12-20)10-11-29-16-18-13-25(31-2)27(34-32-3)26(23(18)15-24(22)29)35-36(30)21-7-5-6-19(28)14-21;1-2/h5-9,12-14,24H,4,10-11,15-16H2,1-3H3;1-2H3. The maximum Gasteiger partial charge on any atom is 0.250 e. The van der Waals surface area contributed by atoms with E-state index >= 15 is 0 Å². The minimum Gasteiger partial charge on any atom is -0.494 e. The number of halogens is 1. The van der Waals surface area contributed by atoms with Crippen LogP contribution in [-0.2, 0) is 35.4 Å². The van der Waals surface area contributed by atoms with Gasteiger partial charge in [0, 0.05) is 24.7 Å². The number of nitrogens with zero attached hydrogens (tertiary/aromatic N) is 1. The molecule has 5 rings (SSSR count). The summed E-state index contributed by atoms with van der Waals surface area (Å²) in [5.41, 5.74) is 4.35. The minimum atomic E-state index is -1.99.